The second-order valence-electron chi connectivity index (χ2n) is 9.42. The van der Waals surface area contributed by atoms with Crippen LogP contribution in [-0.2, 0) is 29.1 Å². The molecule has 1 N–H and O–H groups in total. The van der Waals surface area contributed by atoms with Crippen molar-refractivity contribution in [3.05, 3.63) is 76.7 Å². The first kappa shape index (κ1) is 24.8. The molecule has 2 amide bonds. The highest BCUT2D eigenvalue weighted by molar-refractivity contribution is 5.92. The second-order valence-corrected chi connectivity index (χ2v) is 9.42. The summed E-state index contributed by atoms with van der Waals surface area (Å²) < 4.78 is 33.2. The Hall–Kier alpha value is -3.92. The summed E-state index contributed by atoms with van der Waals surface area (Å²) in [5, 5.41) is 7.37. The van der Waals surface area contributed by atoms with Gasteiger partial charge >= 0.3 is 0 Å². The molecule has 0 bridgehead atoms. The van der Waals surface area contributed by atoms with Crippen LogP contribution in [0.25, 0.3) is 0 Å². The van der Waals surface area contributed by atoms with Gasteiger partial charge in [0.25, 0.3) is 5.91 Å². The summed E-state index contributed by atoms with van der Waals surface area (Å²) >= 11 is 0. The molecule has 194 valence electrons. The molecule has 3 heterocycles. The molecule has 2 unspecified atom stereocenters. The van der Waals surface area contributed by atoms with Gasteiger partial charge < -0.3 is 24.4 Å². The molecule has 9 nitrogen and oxygen atoms in total. The maximum Gasteiger partial charge on any atom is 0.272 e. The lowest BCUT2D eigenvalue weighted by molar-refractivity contribution is -0.133. The maximum atomic E-state index is 14.2. The van der Waals surface area contributed by atoms with Crippen molar-refractivity contribution in [3.8, 4) is 11.6 Å². The van der Waals surface area contributed by atoms with Crippen LogP contribution in [0.3, 0.4) is 0 Å². The molecule has 0 fully saturated rings. The van der Waals surface area contributed by atoms with E-state index in [9.17, 15) is 14.0 Å². The number of benzene rings is 2. The van der Waals surface area contributed by atoms with Crippen LogP contribution >= 0.6 is 0 Å². The van der Waals surface area contributed by atoms with Crippen LogP contribution in [0.2, 0.25) is 0 Å². The molecule has 2 atom stereocenters. The minimum atomic E-state index is -0.427. The van der Waals surface area contributed by atoms with Crippen LogP contribution < -0.4 is 14.8 Å². The summed E-state index contributed by atoms with van der Waals surface area (Å²) in [4.78, 5) is 26.1. The quantitative estimate of drug-likeness (QED) is 0.528. The Bertz CT molecular complexity index is 1310. The molecule has 0 saturated carbocycles. The Kier molecular flexibility index (Phi) is 7.09. The predicted molar refractivity (Wildman–Crippen MR) is 132 cm³/mol. The minimum absolute atomic E-state index is 0.0126. The molecule has 1 aromatic heterocycles. The first-order chi connectivity index (χ1) is 17.9. The fourth-order valence-corrected chi connectivity index (χ4v) is 4.44. The van der Waals surface area contributed by atoms with Gasteiger partial charge in [0.2, 0.25) is 11.8 Å². The number of halogens is 1. The third kappa shape index (κ3) is 5.59. The molecule has 2 aromatic carbocycles. The number of amides is 2. The number of aryl methyl sites for hydroxylation is 1. The van der Waals surface area contributed by atoms with Crippen LogP contribution in [0.1, 0.15) is 39.7 Å². The molecule has 0 saturated heterocycles. The lowest BCUT2D eigenvalue weighted by Gasteiger charge is -2.26. The Labute approximate surface area is 214 Å². The number of carbonyl (C=O) groups excluding carboxylic acids is 2. The Morgan fingerprint density at radius 1 is 1.22 bits per heavy atom. The lowest BCUT2D eigenvalue weighted by Crippen LogP contribution is -2.43. The summed E-state index contributed by atoms with van der Waals surface area (Å²) in [6, 6.07) is 13.7. The number of nitrogens with zero attached hydrogens (tertiary/aromatic N) is 3. The van der Waals surface area contributed by atoms with Crippen molar-refractivity contribution in [3.63, 3.8) is 0 Å². The molecule has 2 aliphatic heterocycles. The Balaban J connectivity index is 1.19. The van der Waals surface area contributed by atoms with Crippen molar-refractivity contribution in [1.82, 2.24) is 20.0 Å². The van der Waals surface area contributed by atoms with Crippen molar-refractivity contribution in [1.29, 1.82) is 0 Å². The Morgan fingerprint density at radius 3 is 2.86 bits per heavy atom. The van der Waals surface area contributed by atoms with Gasteiger partial charge in [-0.25, -0.2) is 9.07 Å². The SMILES string of the molecule is CN(C)C(=O)COCc1ccc2c(c1)CC(NC(=O)c1cc3n(n1)CCC(c1ccccc1F)O3)CO2. The fraction of sp³-hybridized carbons (Fsp3) is 0.370. The second kappa shape index (κ2) is 10.6. The van der Waals surface area contributed by atoms with Crippen molar-refractivity contribution in [2.24, 2.45) is 0 Å². The van der Waals surface area contributed by atoms with Crippen LogP contribution in [-0.4, -0.2) is 59.8 Å². The molecular formula is C27H29FN4O5. The lowest BCUT2D eigenvalue weighted by atomic mass is 10.0. The van der Waals surface area contributed by atoms with Crippen molar-refractivity contribution >= 4 is 11.8 Å². The monoisotopic (exact) mass is 508 g/mol. The van der Waals surface area contributed by atoms with Crippen LogP contribution in [0.15, 0.2) is 48.5 Å². The molecule has 0 radical (unpaired) electrons. The number of carbonyl (C=O) groups is 2. The van der Waals surface area contributed by atoms with Crippen LogP contribution in [0.5, 0.6) is 11.6 Å². The van der Waals surface area contributed by atoms with E-state index in [1.807, 2.05) is 18.2 Å². The molecule has 0 aliphatic carbocycles. The van der Waals surface area contributed by atoms with Crippen molar-refractivity contribution in [2.75, 3.05) is 27.3 Å². The van der Waals surface area contributed by atoms with E-state index in [0.29, 0.717) is 44.0 Å². The molecule has 10 heteroatoms. The summed E-state index contributed by atoms with van der Waals surface area (Å²) in [6.45, 7) is 1.18. The summed E-state index contributed by atoms with van der Waals surface area (Å²) in [5.74, 6) is 0.466. The highest BCUT2D eigenvalue weighted by atomic mass is 19.1. The minimum Gasteiger partial charge on any atom is -0.491 e. The maximum absolute atomic E-state index is 14.2. The number of fused-ring (bicyclic) bond motifs is 2. The highest BCUT2D eigenvalue weighted by Crippen LogP contribution is 2.32. The van der Waals surface area contributed by atoms with Crippen molar-refractivity contribution in [2.45, 2.75) is 38.1 Å². The topological polar surface area (TPSA) is 94.9 Å². The molecule has 3 aromatic rings. The van der Waals surface area contributed by atoms with Gasteiger partial charge in [0, 0.05) is 38.7 Å². The third-order valence-corrected chi connectivity index (χ3v) is 6.45. The van der Waals surface area contributed by atoms with E-state index in [0.717, 1.165) is 16.9 Å². The molecule has 37 heavy (non-hydrogen) atoms. The number of rotatable bonds is 7. The average molecular weight is 509 g/mol. The normalized spacial score (nSPS) is 18.1. The van der Waals surface area contributed by atoms with E-state index >= 15 is 0 Å². The van der Waals surface area contributed by atoms with E-state index in [4.69, 9.17) is 14.2 Å². The molecule has 5 rings (SSSR count). The zero-order valence-corrected chi connectivity index (χ0v) is 20.8. The van der Waals surface area contributed by atoms with E-state index in [-0.39, 0.29) is 36.0 Å². The van der Waals surface area contributed by atoms with Gasteiger partial charge in [-0.05, 0) is 35.7 Å². The van der Waals surface area contributed by atoms with Crippen LogP contribution in [0.4, 0.5) is 4.39 Å². The van der Waals surface area contributed by atoms with E-state index in [1.165, 1.54) is 11.0 Å². The number of aromatic nitrogens is 2. The van der Waals surface area contributed by atoms with Crippen LogP contribution in [0, 0.1) is 5.82 Å². The first-order valence-corrected chi connectivity index (χ1v) is 12.2. The van der Waals surface area contributed by atoms with Gasteiger partial charge in [0.15, 0.2) is 5.69 Å². The van der Waals surface area contributed by atoms with Crippen molar-refractivity contribution < 1.29 is 28.2 Å². The van der Waals surface area contributed by atoms with Gasteiger partial charge in [-0.1, -0.05) is 24.3 Å². The van der Waals surface area contributed by atoms with E-state index < -0.39 is 6.10 Å². The zero-order chi connectivity index (χ0) is 25.9. The van der Waals surface area contributed by atoms with Gasteiger partial charge in [0.1, 0.15) is 30.9 Å². The van der Waals surface area contributed by atoms with Gasteiger partial charge in [0.05, 0.1) is 12.6 Å². The van der Waals surface area contributed by atoms with E-state index in [2.05, 4.69) is 10.4 Å². The van der Waals surface area contributed by atoms with Gasteiger partial charge in [-0.15, -0.1) is 0 Å². The van der Waals surface area contributed by atoms with E-state index in [1.54, 1.807) is 43.0 Å². The number of hydrogen-bond acceptors (Lipinski definition) is 6. The largest absolute Gasteiger partial charge is 0.491 e. The molecule has 2 aliphatic rings. The zero-order valence-electron chi connectivity index (χ0n) is 20.8. The van der Waals surface area contributed by atoms with Gasteiger partial charge in [-0.3, -0.25) is 9.59 Å². The fourth-order valence-electron chi connectivity index (χ4n) is 4.44. The molecular weight excluding hydrogens is 479 g/mol. The summed E-state index contributed by atoms with van der Waals surface area (Å²) in [7, 11) is 3.37. The highest BCUT2D eigenvalue weighted by Gasteiger charge is 2.28. The summed E-state index contributed by atoms with van der Waals surface area (Å²) in [5.41, 5.74) is 2.61. The molecule has 0 spiro atoms. The number of ether oxygens (including phenoxy) is 3. The Morgan fingerprint density at radius 2 is 2.05 bits per heavy atom. The van der Waals surface area contributed by atoms with Gasteiger partial charge in [-0.2, -0.15) is 5.10 Å². The number of nitrogens with one attached hydrogen (secondary N) is 1. The standard InChI is InChI=1S/C27H29FN4O5/c1-31(2)25(33)16-35-14-17-7-8-23-18(11-17)12-19(15-36-23)29-27(34)22-13-26-32(30-22)10-9-24(37-26)20-5-3-4-6-21(20)28/h3-8,11,13,19,24H,9-10,12,14-16H2,1-2H3,(H,29,34). The first-order valence-electron chi connectivity index (χ1n) is 12.2. The predicted octanol–water partition coefficient (Wildman–Crippen LogP) is 2.88. The summed E-state index contributed by atoms with van der Waals surface area (Å²) in [6.07, 6.45) is 0.716. The number of likely N-dealkylation sites (N-methyl/N-ethyl adjacent to an activating group) is 1. The number of hydrogen-bond donors (Lipinski definition) is 1. The average Bonchev–Trinajstić information content (AvgIpc) is 3.32. The third-order valence-electron chi connectivity index (χ3n) is 6.45. The smallest absolute Gasteiger partial charge is 0.272 e.